The van der Waals surface area contributed by atoms with E-state index in [1.165, 1.54) is 24.4 Å². The highest BCUT2D eigenvalue weighted by molar-refractivity contribution is 5.99. The van der Waals surface area contributed by atoms with E-state index < -0.39 is 17.6 Å². The summed E-state index contributed by atoms with van der Waals surface area (Å²) in [5, 5.41) is 4.29. The van der Waals surface area contributed by atoms with E-state index in [9.17, 15) is 14.0 Å². The third kappa shape index (κ3) is 3.87. The van der Waals surface area contributed by atoms with E-state index in [1.807, 2.05) is 38.1 Å². The summed E-state index contributed by atoms with van der Waals surface area (Å²) in [5.74, 6) is -1.91. The zero-order valence-corrected chi connectivity index (χ0v) is 15.0. The number of benzene rings is 2. The molecule has 6 nitrogen and oxygen atoms in total. The fourth-order valence-corrected chi connectivity index (χ4v) is 2.71. The van der Waals surface area contributed by atoms with Gasteiger partial charge in [-0.25, -0.2) is 9.07 Å². The van der Waals surface area contributed by atoms with Crippen molar-refractivity contribution in [3.8, 4) is 5.69 Å². The molecule has 0 aliphatic carbocycles. The van der Waals surface area contributed by atoms with E-state index >= 15 is 0 Å². The summed E-state index contributed by atoms with van der Waals surface area (Å²) >= 11 is 0. The average Bonchev–Trinajstić information content (AvgIpc) is 3.11. The van der Waals surface area contributed by atoms with Gasteiger partial charge in [0.15, 0.2) is 0 Å². The first-order chi connectivity index (χ1) is 13.0. The highest BCUT2D eigenvalue weighted by Gasteiger charge is 2.18. The van der Waals surface area contributed by atoms with Crippen LogP contribution in [0.2, 0.25) is 0 Å². The Morgan fingerprint density at radius 2 is 1.63 bits per heavy atom. The van der Waals surface area contributed by atoms with E-state index in [2.05, 4.69) is 16.0 Å². The molecule has 0 atom stereocenters. The lowest BCUT2D eigenvalue weighted by Gasteiger charge is -2.10. The quantitative estimate of drug-likeness (QED) is 0.697. The van der Waals surface area contributed by atoms with E-state index in [1.54, 1.807) is 10.7 Å². The Morgan fingerprint density at radius 3 is 2.26 bits per heavy atom. The predicted octanol–water partition coefficient (Wildman–Crippen LogP) is 2.96. The number of rotatable bonds is 4. The average molecular weight is 366 g/mol. The monoisotopic (exact) mass is 366 g/mol. The number of hydrazine groups is 1. The van der Waals surface area contributed by atoms with Gasteiger partial charge < -0.3 is 0 Å². The molecule has 2 amide bonds. The van der Waals surface area contributed by atoms with Crippen LogP contribution in [0, 0.1) is 12.7 Å². The SMILES string of the molecule is CCc1c(C(=O)NNC(=O)c2ccccc2F)cnn1-c1ccc(C)cc1. The fraction of sp³-hybridized carbons (Fsp3) is 0.150. The van der Waals surface area contributed by atoms with E-state index in [-0.39, 0.29) is 5.56 Å². The lowest BCUT2D eigenvalue weighted by atomic mass is 10.2. The molecule has 0 aliphatic heterocycles. The molecule has 1 aromatic heterocycles. The summed E-state index contributed by atoms with van der Waals surface area (Å²) in [7, 11) is 0. The molecule has 0 radical (unpaired) electrons. The van der Waals surface area contributed by atoms with Crippen LogP contribution in [0.3, 0.4) is 0 Å². The number of hydrogen-bond acceptors (Lipinski definition) is 3. The number of halogens is 1. The topological polar surface area (TPSA) is 76.0 Å². The molecule has 0 spiro atoms. The predicted molar refractivity (Wildman–Crippen MR) is 99.0 cm³/mol. The van der Waals surface area contributed by atoms with Gasteiger partial charge in [0.1, 0.15) is 5.82 Å². The third-order valence-corrected chi connectivity index (χ3v) is 4.13. The van der Waals surface area contributed by atoms with Crippen LogP contribution in [-0.2, 0) is 6.42 Å². The van der Waals surface area contributed by atoms with Gasteiger partial charge in [-0.15, -0.1) is 0 Å². The first-order valence-electron chi connectivity index (χ1n) is 8.50. The Hall–Kier alpha value is -3.48. The number of carbonyl (C=O) groups excluding carboxylic acids is 2. The summed E-state index contributed by atoms with van der Waals surface area (Å²) in [6.45, 7) is 3.90. The number of hydrogen-bond donors (Lipinski definition) is 2. The summed E-state index contributed by atoms with van der Waals surface area (Å²) in [4.78, 5) is 24.5. The van der Waals surface area contributed by atoms with E-state index in [0.29, 0.717) is 17.7 Å². The molecular formula is C20H19FN4O2. The second kappa shape index (κ2) is 7.82. The molecule has 3 rings (SSSR count). The number of nitrogens with zero attached hydrogens (tertiary/aromatic N) is 2. The van der Waals surface area contributed by atoms with Gasteiger partial charge in [-0.05, 0) is 37.6 Å². The van der Waals surface area contributed by atoms with Crippen LogP contribution in [0.15, 0.2) is 54.7 Å². The van der Waals surface area contributed by atoms with Gasteiger partial charge in [-0.2, -0.15) is 5.10 Å². The summed E-state index contributed by atoms with van der Waals surface area (Å²) in [6.07, 6.45) is 2.02. The standard InChI is InChI=1S/C20H19FN4O2/c1-3-18-16(12-22-25(18)14-10-8-13(2)9-11-14)20(27)24-23-19(26)15-6-4-5-7-17(15)21/h4-12H,3H2,1-2H3,(H,23,26)(H,24,27). The molecule has 138 valence electrons. The zero-order chi connectivity index (χ0) is 19.4. The van der Waals surface area contributed by atoms with Gasteiger partial charge in [0.2, 0.25) is 0 Å². The maximum absolute atomic E-state index is 13.6. The van der Waals surface area contributed by atoms with Crippen LogP contribution in [0.5, 0.6) is 0 Å². The van der Waals surface area contributed by atoms with Crippen molar-refractivity contribution in [3.63, 3.8) is 0 Å². The normalized spacial score (nSPS) is 10.5. The summed E-state index contributed by atoms with van der Waals surface area (Å²) < 4.78 is 15.3. The van der Waals surface area contributed by atoms with Gasteiger partial charge in [-0.1, -0.05) is 36.8 Å². The van der Waals surface area contributed by atoms with Crippen LogP contribution in [0.4, 0.5) is 4.39 Å². The van der Waals surface area contributed by atoms with Crippen molar-refractivity contribution in [3.05, 3.63) is 82.9 Å². The lowest BCUT2D eigenvalue weighted by Crippen LogP contribution is -2.42. The third-order valence-electron chi connectivity index (χ3n) is 4.13. The van der Waals surface area contributed by atoms with Crippen LogP contribution < -0.4 is 10.9 Å². The number of carbonyl (C=O) groups is 2. The second-order valence-electron chi connectivity index (χ2n) is 5.99. The van der Waals surface area contributed by atoms with Gasteiger partial charge >= 0.3 is 0 Å². The molecule has 0 saturated carbocycles. The van der Waals surface area contributed by atoms with E-state index in [4.69, 9.17) is 0 Å². The van der Waals surface area contributed by atoms with E-state index in [0.717, 1.165) is 11.3 Å². The Morgan fingerprint density at radius 1 is 1.00 bits per heavy atom. The fourth-order valence-electron chi connectivity index (χ4n) is 2.71. The van der Waals surface area contributed by atoms with Crippen molar-refractivity contribution in [2.75, 3.05) is 0 Å². The molecule has 7 heteroatoms. The van der Waals surface area contributed by atoms with Crippen LogP contribution in [-0.4, -0.2) is 21.6 Å². The largest absolute Gasteiger partial charge is 0.273 e. The molecule has 1 heterocycles. The molecular weight excluding hydrogens is 347 g/mol. The summed E-state index contributed by atoms with van der Waals surface area (Å²) in [5.41, 5.74) is 7.40. The molecule has 2 aromatic carbocycles. The zero-order valence-electron chi connectivity index (χ0n) is 15.0. The molecule has 2 N–H and O–H groups in total. The van der Waals surface area contributed by atoms with Crippen molar-refractivity contribution >= 4 is 11.8 Å². The number of amides is 2. The van der Waals surface area contributed by atoms with Gasteiger partial charge in [0.05, 0.1) is 28.7 Å². The van der Waals surface area contributed by atoms with Gasteiger partial charge in [0, 0.05) is 0 Å². The molecule has 27 heavy (non-hydrogen) atoms. The summed E-state index contributed by atoms with van der Waals surface area (Å²) in [6, 6.07) is 13.3. The number of aryl methyl sites for hydroxylation is 1. The molecule has 3 aromatic rings. The molecule has 0 saturated heterocycles. The van der Waals surface area contributed by atoms with Crippen LogP contribution in [0.1, 0.15) is 38.9 Å². The molecule has 0 fully saturated rings. The Kier molecular flexibility index (Phi) is 5.30. The van der Waals surface area contributed by atoms with Gasteiger partial charge in [0.25, 0.3) is 11.8 Å². The number of nitrogens with one attached hydrogen (secondary N) is 2. The lowest BCUT2D eigenvalue weighted by molar-refractivity contribution is 0.0843. The first-order valence-corrected chi connectivity index (χ1v) is 8.50. The first kappa shape index (κ1) is 18.3. The highest BCUT2D eigenvalue weighted by atomic mass is 19.1. The van der Waals surface area contributed by atoms with Crippen molar-refractivity contribution < 1.29 is 14.0 Å². The maximum atomic E-state index is 13.6. The van der Waals surface area contributed by atoms with Crippen molar-refractivity contribution in [1.29, 1.82) is 0 Å². The Bertz CT molecular complexity index is 980. The smallest absolute Gasteiger partial charge is 0.267 e. The highest BCUT2D eigenvalue weighted by Crippen LogP contribution is 2.16. The maximum Gasteiger partial charge on any atom is 0.273 e. The van der Waals surface area contributed by atoms with Crippen molar-refractivity contribution in [2.45, 2.75) is 20.3 Å². The minimum absolute atomic E-state index is 0.149. The Balaban J connectivity index is 1.76. The molecule has 0 bridgehead atoms. The van der Waals surface area contributed by atoms with Crippen molar-refractivity contribution in [1.82, 2.24) is 20.6 Å². The van der Waals surface area contributed by atoms with Crippen LogP contribution in [0.25, 0.3) is 5.69 Å². The molecule has 0 aliphatic rings. The minimum atomic E-state index is -0.731. The van der Waals surface area contributed by atoms with Crippen LogP contribution >= 0.6 is 0 Å². The second-order valence-corrected chi connectivity index (χ2v) is 5.99. The number of aromatic nitrogens is 2. The minimum Gasteiger partial charge on any atom is -0.267 e. The van der Waals surface area contributed by atoms with Gasteiger partial charge in [-0.3, -0.25) is 20.4 Å². The van der Waals surface area contributed by atoms with Crippen molar-refractivity contribution in [2.24, 2.45) is 0 Å². The molecule has 0 unspecified atom stereocenters. The Labute approximate surface area is 156 Å².